The molecule has 1 saturated carbocycles. The van der Waals surface area contributed by atoms with Crippen molar-refractivity contribution in [2.24, 2.45) is 0 Å². The number of hydrogen-bond acceptors (Lipinski definition) is 4. The van der Waals surface area contributed by atoms with E-state index in [0.29, 0.717) is 6.54 Å². The number of aliphatic hydroxyl groups excluding tert-OH is 1. The van der Waals surface area contributed by atoms with Crippen LogP contribution in [-0.4, -0.2) is 45.2 Å². The van der Waals surface area contributed by atoms with E-state index in [9.17, 15) is 9.90 Å². The monoisotopic (exact) mass is 236 g/mol. The molecule has 0 unspecified atom stereocenters. The highest BCUT2D eigenvalue weighted by Crippen LogP contribution is 2.27. The Hall–Kier alpha value is -1.62. The minimum atomic E-state index is -0.233. The molecule has 0 bridgehead atoms. The standard InChI is InChI=1S/C12H16N2O3/c15-7-6-14(9-2-1-3-9)12(17)10-4-5-13-8-11(10)16/h4-5,8-9,15-16H,1-3,6-7H2. The topological polar surface area (TPSA) is 73.7 Å². The van der Waals surface area contributed by atoms with Gasteiger partial charge in [0, 0.05) is 18.8 Å². The molecule has 1 heterocycles. The number of rotatable bonds is 4. The molecule has 1 aliphatic rings. The van der Waals surface area contributed by atoms with E-state index < -0.39 is 0 Å². The van der Waals surface area contributed by atoms with Gasteiger partial charge in [-0.1, -0.05) is 0 Å². The summed E-state index contributed by atoms with van der Waals surface area (Å²) in [6.07, 6.45) is 5.79. The molecule has 5 heteroatoms. The Morgan fingerprint density at radius 1 is 1.53 bits per heavy atom. The molecule has 1 aromatic rings. The Balaban J connectivity index is 2.18. The molecule has 17 heavy (non-hydrogen) atoms. The highest BCUT2D eigenvalue weighted by Gasteiger charge is 2.29. The number of amides is 1. The molecule has 1 fully saturated rings. The molecule has 92 valence electrons. The van der Waals surface area contributed by atoms with E-state index in [1.807, 2.05) is 0 Å². The van der Waals surface area contributed by atoms with Gasteiger partial charge in [0.05, 0.1) is 18.4 Å². The van der Waals surface area contributed by atoms with Crippen molar-refractivity contribution in [3.8, 4) is 5.75 Å². The van der Waals surface area contributed by atoms with Crippen molar-refractivity contribution in [2.45, 2.75) is 25.3 Å². The SMILES string of the molecule is O=C(c1ccncc1O)N(CCO)C1CCC1. The first-order chi connectivity index (χ1) is 8.24. The number of aromatic hydroxyl groups is 1. The maximum atomic E-state index is 12.2. The van der Waals surface area contributed by atoms with Gasteiger partial charge in [-0.3, -0.25) is 9.78 Å². The van der Waals surface area contributed by atoms with Gasteiger partial charge in [-0.15, -0.1) is 0 Å². The largest absolute Gasteiger partial charge is 0.505 e. The fraction of sp³-hybridized carbons (Fsp3) is 0.500. The Kier molecular flexibility index (Phi) is 3.58. The first kappa shape index (κ1) is 11.9. The van der Waals surface area contributed by atoms with Crippen molar-refractivity contribution in [3.05, 3.63) is 24.0 Å². The molecule has 0 spiro atoms. The normalized spacial score (nSPS) is 15.4. The minimum absolute atomic E-state index is 0.0614. The third-order valence-corrected chi connectivity index (χ3v) is 3.15. The Bertz CT molecular complexity index is 404. The molecule has 1 aliphatic carbocycles. The van der Waals surface area contributed by atoms with Gasteiger partial charge in [0.1, 0.15) is 5.75 Å². The average molecular weight is 236 g/mol. The van der Waals surface area contributed by atoms with E-state index in [-0.39, 0.29) is 29.9 Å². The molecule has 0 atom stereocenters. The summed E-state index contributed by atoms with van der Waals surface area (Å²) >= 11 is 0. The maximum Gasteiger partial charge on any atom is 0.258 e. The number of aliphatic hydroxyl groups is 1. The molecule has 0 saturated heterocycles. The van der Waals surface area contributed by atoms with Gasteiger partial charge in [-0.05, 0) is 25.3 Å². The molecule has 0 radical (unpaired) electrons. The lowest BCUT2D eigenvalue weighted by molar-refractivity contribution is 0.0523. The van der Waals surface area contributed by atoms with E-state index in [0.717, 1.165) is 19.3 Å². The predicted octanol–water partition coefficient (Wildman–Crippen LogP) is 0.774. The second-order valence-electron chi connectivity index (χ2n) is 4.20. The molecule has 1 amide bonds. The quantitative estimate of drug-likeness (QED) is 0.810. The van der Waals surface area contributed by atoms with Crippen molar-refractivity contribution < 1.29 is 15.0 Å². The zero-order valence-corrected chi connectivity index (χ0v) is 9.54. The van der Waals surface area contributed by atoms with Crippen molar-refractivity contribution in [3.63, 3.8) is 0 Å². The predicted molar refractivity (Wildman–Crippen MR) is 61.7 cm³/mol. The molecule has 2 rings (SSSR count). The van der Waals surface area contributed by atoms with Crippen LogP contribution in [0.15, 0.2) is 18.5 Å². The van der Waals surface area contributed by atoms with Gasteiger partial charge in [0.2, 0.25) is 0 Å². The number of pyridine rings is 1. The summed E-state index contributed by atoms with van der Waals surface area (Å²) in [6, 6.07) is 1.70. The van der Waals surface area contributed by atoms with Gasteiger partial charge in [0.15, 0.2) is 0 Å². The van der Waals surface area contributed by atoms with Crippen molar-refractivity contribution >= 4 is 5.91 Å². The number of carbonyl (C=O) groups is 1. The molecule has 5 nitrogen and oxygen atoms in total. The van der Waals surface area contributed by atoms with Crippen LogP contribution in [0.3, 0.4) is 0 Å². The fourth-order valence-corrected chi connectivity index (χ4v) is 1.98. The first-order valence-electron chi connectivity index (χ1n) is 5.79. The summed E-state index contributed by atoms with van der Waals surface area (Å²) in [5.74, 6) is -0.344. The van der Waals surface area contributed by atoms with Crippen LogP contribution in [0.1, 0.15) is 29.6 Å². The van der Waals surface area contributed by atoms with Crippen LogP contribution in [0.2, 0.25) is 0 Å². The maximum absolute atomic E-state index is 12.2. The Morgan fingerprint density at radius 3 is 2.82 bits per heavy atom. The number of aromatic nitrogens is 1. The Labute approximate surface area is 99.7 Å². The molecular weight excluding hydrogens is 220 g/mol. The zero-order chi connectivity index (χ0) is 12.3. The van der Waals surface area contributed by atoms with Crippen molar-refractivity contribution in [1.29, 1.82) is 0 Å². The summed E-state index contributed by atoms with van der Waals surface area (Å²) in [4.78, 5) is 17.6. The van der Waals surface area contributed by atoms with Gasteiger partial charge in [-0.25, -0.2) is 0 Å². The van der Waals surface area contributed by atoms with E-state index in [1.165, 1.54) is 18.5 Å². The second-order valence-corrected chi connectivity index (χ2v) is 4.20. The van der Waals surface area contributed by atoms with Crippen molar-refractivity contribution in [1.82, 2.24) is 9.88 Å². The lowest BCUT2D eigenvalue weighted by Crippen LogP contribution is -2.45. The third-order valence-electron chi connectivity index (χ3n) is 3.15. The summed E-state index contributed by atoms with van der Waals surface area (Å²) < 4.78 is 0. The molecule has 1 aromatic heterocycles. The van der Waals surface area contributed by atoms with Crippen LogP contribution in [-0.2, 0) is 0 Å². The summed E-state index contributed by atoms with van der Waals surface area (Å²) in [7, 11) is 0. The summed E-state index contributed by atoms with van der Waals surface area (Å²) in [5.41, 5.74) is 0.250. The van der Waals surface area contributed by atoms with Gasteiger partial charge >= 0.3 is 0 Å². The smallest absolute Gasteiger partial charge is 0.258 e. The highest BCUT2D eigenvalue weighted by atomic mass is 16.3. The molecule has 0 aliphatic heterocycles. The fourth-order valence-electron chi connectivity index (χ4n) is 1.98. The van der Waals surface area contributed by atoms with E-state index >= 15 is 0 Å². The van der Waals surface area contributed by atoms with Gasteiger partial charge in [0.25, 0.3) is 5.91 Å². The summed E-state index contributed by atoms with van der Waals surface area (Å²) in [5, 5.41) is 18.6. The molecule has 2 N–H and O–H groups in total. The van der Waals surface area contributed by atoms with E-state index in [4.69, 9.17) is 5.11 Å². The van der Waals surface area contributed by atoms with Crippen LogP contribution in [0.4, 0.5) is 0 Å². The van der Waals surface area contributed by atoms with Crippen LogP contribution >= 0.6 is 0 Å². The zero-order valence-electron chi connectivity index (χ0n) is 9.54. The molecular formula is C12H16N2O3. The lowest BCUT2D eigenvalue weighted by Gasteiger charge is -2.37. The molecule has 0 aromatic carbocycles. The third kappa shape index (κ3) is 2.39. The number of carbonyl (C=O) groups excluding carboxylic acids is 1. The second kappa shape index (κ2) is 5.14. The number of nitrogens with zero attached hydrogens (tertiary/aromatic N) is 2. The van der Waals surface area contributed by atoms with E-state index in [2.05, 4.69) is 4.98 Å². The van der Waals surface area contributed by atoms with Crippen LogP contribution in [0.5, 0.6) is 5.75 Å². The van der Waals surface area contributed by atoms with Crippen LogP contribution in [0.25, 0.3) is 0 Å². The van der Waals surface area contributed by atoms with Crippen molar-refractivity contribution in [2.75, 3.05) is 13.2 Å². The lowest BCUT2D eigenvalue weighted by atomic mass is 9.91. The first-order valence-corrected chi connectivity index (χ1v) is 5.79. The van der Waals surface area contributed by atoms with Gasteiger partial charge < -0.3 is 15.1 Å². The van der Waals surface area contributed by atoms with Gasteiger partial charge in [-0.2, -0.15) is 0 Å². The Morgan fingerprint density at radius 2 is 2.29 bits per heavy atom. The van der Waals surface area contributed by atoms with Crippen LogP contribution in [0, 0.1) is 0 Å². The highest BCUT2D eigenvalue weighted by molar-refractivity contribution is 5.96. The summed E-state index contributed by atoms with van der Waals surface area (Å²) in [6.45, 7) is 0.249. The minimum Gasteiger partial charge on any atom is -0.505 e. The van der Waals surface area contributed by atoms with E-state index in [1.54, 1.807) is 4.90 Å². The average Bonchev–Trinajstić information content (AvgIpc) is 2.26. The van der Waals surface area contributed by atoms with Crippen LogP contribution < -0.4 is 0 Å². The number of hydrogen-bond donors (Lipinski definition) is 2.